The van der Waals surface area contributed by atoms with Gasteiger partial charge in [-0.2, -0.15) is 0 Å². The van der Waals surface area contributed by atoms with Crippen molar-refractivity contribution in [1.29, 1.82) is 0 Å². The summed E-state index contributed by atoms with van der Waals surface area (Å²) < 4.78 is 19.0. The van der Waals surface area contributed by atoms with Crippen molar-refractivity contribution in [3.63, 3.8) is 0 Å². The highest BCUT2D eigenvalue weighted by Crippen LogP contribution is 2.31. The van der Waals surface area contributed by atoms with E-state index in [1.165, 1.54) is 21.9 Å². The molecule has 0 aliphatic carbocycles. The molecule has 0 N–H and O–H groups in total. The number of hydrogen-bond acceptors (Lipinski definition) is 4. The standard InChI is InChI=1S/C31H32N2O3/c1-22(23-13-14-25-20-27(35-3)16-15-24(25)19-23)31-32-29-11-4-5-12-30(29)33(31)17-6-7-18-36-28-10-8-9-26(21-28)34-2/h4-5,8-16,19-22H,6-7,17-18H2,1-3H3. The summed E-state index contributed by atoms with van der Waals surface area (Å²) in [6.45, 7) is 3.81. The molecule has 184 valence electrons. The number of unbranched alkanes of at least 4 members (excludes halogenated alkanes) is 1. The predicted molar refractivity (Wildman–Crippen MR) is 145 cm³/mol. The van der Waals surface area contributed by atoms with Crippen molar-refractivity contribution >= 4 is 21.8 Å². The smallest absolute Gasteiger partial charge is 0.122 e. The van der Waals surface area contributed by atoms with E-state index in [0.29, 0.717) is 6.61 Å². The first-order valence-electron chi connectivity index (χ1n) is 12.5. The third-order valence-electron chi connectivity index (χ3n) is 6.73. The number of aromatic nitrogens is 2. The Morgan fingerprint density at radius 3 is 2.36 bits per heavy atom. The molecule has 0 saturated heterocycles. The molecule has 1 unspecified atom stereocenters. The number of hydrogen-bond donors (Lipinski definition) is 0. The van der Waals surface area contributed by atoms with Crippen LogP contribution in [-0.2, 0) is 6.54 Å². The van der Waals surface area contributed by atoms with Gasteiger partial charge in [-0.3, -0.25) is 0 Å². The normalized spacial score (nSPS) is 12.1. The van der Waals surface area contributed by atoms with Crippen molar-refractivity contribution in [3.8, 4) is 17.2 Å². The summed E-state index contributed by atoms with van der Waals surface area (Å²) in [6.07, 6.45) is 1.96. The lowest BCUT2D eigenvalue weighted by Gasteiger charge is -2.16. The third-order valence-corrected chi connectivity index (χ3v) is 6.73. The Morgan fingerprint density at radius 2 is 1.50 bits per heavy atom. The maximum Gasteiger partial charge on any atom is 0.122 e. The van der Waals surface area contributed by atoms with Gasteiger partial charge in [-0.05, 0) is 65.6 Å². The second kappa shape index (κ2) is 10.7. The van der Waals surface area contributed by atoms with Gasteiger partial charge in [0.05, 0.1) is 31.9 Å². The zero-order valence-corrected chi connectivity index (χ0v) is 21.1. The molecule has 36 heavy (non-hydrogen) atoms. The summed E-state index contributed by atoms with van der Waals surface area (Å²) in [6, 6.07) is 29.0. The molecular weight excluding hydrogens is 448 g/mol. The average molecular weight is 481 g/mol. The van der Waals surface area contributed by atoms with Gasteiger partial charge < -0.3 is 18.8 Å². The Bertz CT molecular complexity index is 1470. The Labute approximate surface area is 212 Å². The van der Waals surface area contributed by atoms with Crippen LogP contribution in [0.15, 0.2) is 84.9 Å². The Hall–Kier alpha value is -3.99. The maximum atomic E-state index is 5.95. The topological polar surface area (TPSA) is 45.5 Å². The molecule has 0 fully saturated rings. The van der Waals surface area contributed by atoms with Crippen molar-refractivity contribution < 1.29 is 14.2 Å². The molecule has 0 amide bonds. The van der Waals surface area contributed by atoms with Crippen LogP contribution in [0.4, 0.5) is 0 Å². The van der Waals surface area contributed by atoms with Crippen LogP contribution >= 0.6 is 0 Å². The summed E-state index contributed by atoms with van der Waals surface area (Å²) >= 11 is 0. The Morgan fingerprint density at radius 1 is 0.750 bits per heavy atom. The molecule has 5 rings (SSSR count). The number of imidazole rings is 1. The monoisotopic (exact) mass is 480 g/mol. The van der Waals surface area contributed by atoms with Crippen LogP contribution in [0.1, 0.15) is 37.1 Å². The van der Waals surface area contributed by atoms with E-state index in [1.807, 2.05) is 30.3 Å². The molecule has 1 heterocycles. The van der Waals surface area contributed by atoms with E-state index in [0.717, 1.165) is 48.0 Å². The van der Waals surface area contributed by atoms with Crippen molar-refractivity contribution in [2.45, 2.75) is 32.2 Å². The van der Waals surface area contributed by atoms with Crippen LogP contribution in [0.2, 0.25) is 0 Å². The van der Waals surface area contributed by atoms with Gasteiger partial charge >= 0.3 is 0 Å². The Balaban J connectivity index is 1.33. The molecule has 0 aliphatic rings. The van der Waals surface area contributed by atoms with Crippen LogP contribution < -0.4 is 14.2 Å². The molecule has 1 atom stereocenters. The number of rotatable bonds is 10. The van der Waals surface area contributed by atoms with E-state index in [2.05, 4.69) is 66.1 Å². The van der Waals surface area contributed by atoms with Crippen molar-refractivity contribution in [2.75, 3.05) is 20.8 Å². The van der Waals surface area contributed by atoms with Gasteiger partial charge in [-0.15, -0.1) is 0 Å². The lowest BCUT2D eigenvalue weighted by atomic mass is 9.97. The Kier molecular flexibility index (Phi) is 7.08. The van der Waals surface area contributed by atoms with E-state index < -0.39 is 0 Å². The third kappa shape index (κ3) is 5.01. The second-order valence-electron chi connectivity index (χ2n) is 9.04. The zero-order valence-electron chi connectivity index (χ0n) is 21.1. The van der Waals surface area contributed by atoms with Gasteiger partial charge in [0, 0.05) is 18.5 Å². The molecule has 5 aromatic rings. The fraction of sp³-hybridized carbons (Fsp3) is 0.258. The second-order valence-corrected chi connectivity index (χ2v) is 9.04. The fourth-order valence-electron chi connectivity index (χ4n) is 4.70. The first-order valence-corrected chi connectivity index (χ1v) is 12.5. The van der Waals surface area contributed by atoms with Gasteiger partial charge in [0.2, 0.25) is 0 Å². The summed E-state index contributed by atoms with van der Waals surface area (Å²) in [4.78, 5) is 5.06. The summed E-state index contributed by atoms with van der Waals surface area (Å²) in [5.41, 5.74) is 3.47. The fourth-order valence-corrected chi connectivity index (χ4v) is 4.70. The molecule has 5 nitrogen and oxygen atoms in total. The van der Waals surface area contributed by atoms with Crippen molar-refractivity contribution in [2.24, 2.45) is 0 Å². The number of nitrogens with zero attached hydrogens (tertiary/aromatic N) is 2. The molecule has 0 radical (unpaired) electrons. The molecular formula is C31H32N2O3. The number of methoxy groups -OCH3 is 2. The molecule has 0 spiro atoms. The minimum atomic E-state index is 0.164. The predicted octanol–water partition coefficient (Wildman–Crippen LogP) is 7.22. The number of benzene rings is 4. The summed E-state index contributed by atoms with van der Waals surface area (Å²) in [7, 11) is 3.37. The molecule has 4 aromatic carbocycles. The van der Waals surface area contributed by atoms with Gasteiger partial charge in [0.25, 0.3) is 0 Å². The first-order chi connectivity index (χ1) is 17.7. The number of ether oxygens (including phenoxy) is 3. The molecule has 0 saturated carbocycles. The summed E-state index contributed by atoms with van der Waals surface area (Å²) in [5.74, 6) is 3.78. The van der Waals surface area contributed by atoms with Crippen molar-refractivity contribution in [3.05, 3.63) is 96.3 Å². The highest BCUT2D eigenvalue weighted by atomic mass is 16.5. The van der Waals surface area contributed by atoms with Gasteiger partial charge in [0.1, 0.15) is 23.1 Å². The quantitative estimate of drug-likeness (QED) is 0.198. The van der Waals surface area contributed by atoms with E-state index in [-0.39, 0.29) is 5.92 Å². The SMILES string of the molecule is COc1cccc(OCCCCn2c(C(C)c3ccc4cc(OC)ccc4c3)nc3ccccc32)c1. The van der Waals surface area contributed by atoms with E-state index in [9.17, 15) is 0 Å². The van der Waals surface area contributed by atoms with Crippen molar-refractivity contribution in [1.82, 2.24) is 9.55 Å². The van der Waals surface area contributed by atoms with Gasteiger partial charge in [-0.1, -0.05) is 49.4 Å². The van der Waals surface area contributed by atoms with Gasteiger partial charge in [-0.25, -0.2) is 4.98 Å². The van der Waals surface area contributed by atoms with Crippen LogP contribution in [0.25, 0.3) is 21.8 Å². The minimum absolute atomic E-state index is 0.164. The lowest BCUT2D eigenvalue weighted by molar-refractivity contribution is 0.301. The zero-order chi connectivity index (χ0) is 24.9. The minimum Gasteiger partial charge on any atom is -0.497 e. The highest BCUT2D eigenvalue weighted by Gasteiger charge is 2.18. The number of fused-ring (bicyclic) bond motifs is 2. The van der Waals surface area contributed by atoms with Crippen LogP contribution in [0.5, 0.6) is 17.2 Å². The molecule has 0 aliphatic heterocycles. The first kappa shape index (κ1) is 23.7. The average Bonchev–Trinajstić information content (AvgIpc) is 3.30. The molecule has 1 aromatic heterocycles. The van der Waals surface area contributed by atoms with Crippen LogP contribution in [0.3, 0.4) is 0 Å². The molecule has 0 bridgehead atoms. The lowest BCUT2D eigenvalue weighted by Crippen LogP contribution is -2.09. The van der Waals surface area contributed by atoms with Crippen LogP contribution in [0, 0.1) is 0 Å². The summed E-state index contributed by atoms with van der Waals surface area (Å²) in [5, 5.41) is 2.38. The van der Waals surface area contributed by atoms with E-state index in [1.54, 1.807) is 14.2 Å². The van der Waals surface area contributed by atoms with Gasteiger partial charge in [0.15, 0.2) is 0 Å². The number of para-hydroxylation sites is 2. The largest absolute Gasteiger partial charge is 0.497 e. The highest BCUT2D eigenvalue weighted by molar-refractivity contribution is 5.85. The number of aryl methyl sites for hydroxylation is 1. The van der Waals surface area contributed by atoms with Crippen LogP contribution in [-0.4, -0.2) is 30.4 Å². The molecule has 5 heteroatoms. The van der Waals surface area contributed by atoms with E-state index in [4.69, 9.17) is 19.2 Å². The maximum absolute atomic E-state index is 5.95. The van der Waals surface area contributed by atoms with E-state index >= 15 is 0 Å².